The molecule has 0 bridgehead atoms. The number of fused-ring (bicyclic) bond motifs is 1. The number of hydrogen-bond acceptors (Lipinski definition) is 7. The predicted molar refractivity (Wildman–Crippen MR) is 139 cm³/mol. The van der Waals surface area contributed by atoms with Crippen LogP contribution in [0.4, 0.5) is 10.7 Å². The zero-order valence-corrected chi connectivity index (χ0v) is 20.8. The van der Waals surface area contributed by atoms with E-state index in [0.29, 0.717) is 28.6 Å². The first-order valence-electron chi connectivity index (χ1n) is 11.3. The lowest BCUT2D eigenvalue weighted by molar-refractivity contribution is -0.115. The van der Waals surface area contributed by atoms with E-state index in [0.717, 1.165) is 44.0 Å². The number of imide groups is 1. The van der Waals surface area contributed by atoms with Crippen molar-refractivity contribution in [2.75, 3.05) is 5.32 Å². The summed E-state index contributed by atoms with van der Waals surface area (Å²) in [6, 6.07) is 15.3. The number of thioether (sulfide) groups is 1. The van der Waals surface area contributed by atoms with Crippen molar-refractivity contribution < 1.29 is 9.59 Å². The van der Waals surface area contributed by atoms with Crippen LogP contribution < -0.4 is 16.0 Å². The number of carbonyl (C=O) groups excluding carboxylic acids is 2. The van der Waals surface area contributed by atoms with Gasteiger partial charge >= 0.3 is 0 Å². The molecular weight excluding hydrogens is 514 g/mol. The maximum atomic E-state index is 11.8. The first-order valence-corrected chi connectivity index (χ1v) is 12.9. The van der Waals surface area contributed by atoms with Crippen LogP contribution >= 0.6 is 27.7 Å². The van der Waals surface area contributed by atoms with Crippen molar-refractivity contribution in [2.24, 2.45) is 0 Å². The van der Waals surface area contributed by atoms with Crippen molar-refractivity contribution in [3.63, 3.8) is 0 Å². The second-order valence-electron chi connectivity index (χ2n) is 8.49. The Balaban J connectivity index is 1.14. The van der Waals surface area contributed by atoms with Gasteiger partial charge in [0.2, 0.25) is 5.95 Å². The second kappa shape index (κ2) is 10.2. The standard InChI is InChI=1S/C25H24BrN5O2S/c26-22-16(6-5-15-3-1-2-4-20(15)22)14-28-17-7-9-18(10-8-17)29-24-27-12-11-19(30-24)13-21-23(32)31-25(33)34-21/h1-6,11-13,17-18,28H,7-10,14H2,(H,27,29,30)(H,31,32,33)/t17-,18-. The molecule has 7 nitrogen and oxygen atoms in total. The molecule has 0 atom stereocenters. The first kappa shape index (κ1) is 23.0. The van der Waals surface area contributed by atoms with Gasteiger partial charge in [0.05, 0.1) is 10.6 Å². The number of carbonyl (C=O) groups is 2. The average Bonchev–Trinajstić information content (AvgIpc) is 3.16. The molecule has 1 aliphatic heterocycles. The molecule has 3 N–H and O–H groups in total. The fraction of sp³-hybridized carbons (Fsp3) is 0.280. The van der Waals surface area contributed by atoms with Crippen LogP contribution in [0.2, 0.25) is 0 Å². The Bertz CT molecular complexity index is 1270. The Kier molecular flexibility index (Phi) is 6.94. The van der Waals surface area contributed by atoms with Gasteiger partial charge in [-0.15, -0.1) is 0 Å². The normalized spacial score (nSPS) is 21.7. The lowest BCUT2D eigenvalue weighted by Crippen LogP contribution is -2.37. The topological polar surface area (TPSA) is 96.0 Å². The van der Waals surface area contributed by atoms with E-state index < -0.39 is 0 Å². The number of amides is 2. The van der Waals surface area contributed by atoms with Crippen LogP contribution in [0, 0.1) is 0 Å². The van der Waals surface area contributed by atoms with Gasteiger partial charge in [0.15, 0.2) is 0 Å². The smallest absolute Gasteiger partial charge is 0.290 e. The number of rotatable bonds is 6. The Labute approximate surface area is 210 Å². The number of halogens is 1. The van der Waals surface area contributed by atoms with Crippen LogP contribution in [-0.2, 0) is 11.3 Å². The fourth-order valence-electron chi connectivity index (χ4n) is 4.37. The molecule has 0 unspecified atom stereocenters. The molecule has 2 aromatic carbocycles. The average molecular weight is 538 g/mol. The molecule has 9 heteroatoms. The molecule has 2 fully saturated rings. The fourth-order valence-corrected chi connectivity index (χ4v) is 5.67. The zero-order chi connectivity index (χ0) is 23.5. The summed E-state index contributed by atoms with van der Waals surface area (Å²) in [6.07, 6.45) is 7.48. The molecule has 0 spiro atoms. The van der Waals surface area contributed by atoms with Gasteiger partial charge in [-0.25, -0.2) is 9.97 Å². The largest absolute Gasteiger partial charge is 0.351 e. The van der Waals surface area contributed by atoms with Gasteiger partial charge in [-0.05, 0) is 81.9 Å². The maximum absolute atomic E-state index is 11.8. The highest BCUT2D eigenvalue weighted by Gasteiger charge is 2.25. The number of hydrogen-bond donors (Lipinski definition) is 3. The summed E-state index contributed by atoms with van der Waals surface area (Å²) in [7, 11) is 0. The van der Waals surface area contributed by atoms with Gasteiger partial charge in [0.25, 0.3) is 11.1 Å². The molecule has 1 aliphatic carbocycles. The Hall–Kier alpha value is -2.75. The molecule has 2 aliphatic rings. The Morgan fingerprint density at radius 2 is 1.85 bits per heavy atom. The summed E-state index contributed by atoms with van der Waals surface area (Å²) in [6.45, 7) is 0.835. The summed E-state index contributed by atoms with van der Waals surface area (Å²) in [4.78, 5) is 32.3. The monoisotopic (exact) mass is 537 g/mol. The van der Waals surface area contributed by atoms with Gasteiger partial charge in [0, 0.05) is 29.3 Å². The van der Waals surface area contributed by atoms with E-state index >= 15 is 0 Å². The summed E-state index contributed by atoms with van der Waals surface area (Å²) in [5, 5.41) is 11.5. The van der Waals surface area contributed by atoms with E-state index in [4.69, 9.17) is 0 Å². The molecular formula is C25H24BrN5O2S. The lowest BCUT2D eigenvalue weighted by Gasteiger charge is -2.30. The summed E-state index contributed by atoms with van der Waals surface area (Å²) < 4.78 is 1.17. The van der Waals surface area contributed by atoms with Crippen LogP contribution in [0.5, 0.6) is 0 Å². The van der Waals surface area contributed by atoms with E-state index in [-0.39, 0.29) is 11.1 Å². The van der Waals surface area contributed by atoms with Gasteiger partial charge in [0.1, 0.15) is 0 Å². The zero-order valence-electron chi connectivity index (χ0n) is 18.4. The number of benzene rings is 2. The first-order chi connectivity index (χ1) is 16.5. The van der Waals surface area contributed by atoms with Crippen molar-refractivity contribution in [3.05, 3.63) is 69.3 Å². The summed E-state index contributed by atoms with van der Waals surface area (Å²) >= 11 is 4.67. The molecule has 1 saturated heterocycles. The number of anilines is 1. The van der Waals surface area contributed by atoms with E-state index in [2.05, 4.69) is 78.2 Å². The Morgan fingerprint density at radius 1 is 1.06 bits per heavy atom. The van der Waals surface area contributed by atoms with Crippen molar-refractivity contribution in [1.29, 1.82) is 0 Å². The molecule has 5 rings (SSSR count). The highest BCUT2D eigenvalue weighted by atomic mass is 79.9. The summed E-state index contributed by atoms with van der Waals surface area (Å²) in [5.41, 5.74) is 1.87. The Morgan fingerprint density at radius 3 is 2.65 bits per heavy atom. The van der Waals surface area contributed by atoms with Crippen molar-refractivity contribution in [3.8, 4) is 0 Å². The van der Waals surface area contributed by atoms with Gasteiger partial charge in [-0.1, -0.05) is 36.4 Å². The van der Waals surface area contributed by atoms with Crippen molar-refractivity contribution >= 4 is 61.6 Å². The minimum atomic E-state index is -0.385. The molecule has 0 radical (unpaired) electrons. The molecule has 1 saturated carbocycles. The van der Waals surface area contributed by atoms with Gasteiger partial charge < -0.3 is 10.6 Å². The van der Waals surface area contributed by atoms with Crippen LogP contribution in [0.3, 0.4) is 0 Å². The van der Waals surface area contributed by atoms with E-state index in [1.54, 1.807) is 18.3 Å². The third-order valence-corrected chi connectivity index (χ3v) is 7.93. The van der Waals surface area contributed by atoms with Gasteiger partial charge in [-0.2, -0.15) is 0 Å². The van der Waals surface area contributed by atoms with E-state index in [9.17, 15) is 9.59 Å². The van der Waals surface area contributed by atoms with Crippen LogP contribution in [0.1, 0.15) is 36.9 Å². The number of nitrogens with zero attached hydrogens (tertiary/aromatic N) is 2. The quantitative estimate of drug-likeness (QED) is 0.370. The highest BCUT2D eigenvalue weighted by Crippen LogP contribution is 2.29. The summed E-state index contributed by atoms with van der Waals surface area (Å²) in [5.74, 6) is 0.158. The number of nitrogens with one attached hydrogen (secondary N) is 3. The highest BCUT2D eigenvalue weighted by molar-refractivity contribution is 9.10. The molecule has 34 heavy (non-hydrogen) atoms. The minimum absolute atomic E-state index is 0.305. The maximum Gasteiger partial charge on any atom is 0.290 e. The van der Waals surface area contributed by atoms with Gasteiger partial charge in [-0.3, -0.25) is 14.9 Å². The minimum Gasteiger partial charge on any atom is -0.351 e. The van der Waals surface area contributed by atoms with Crippen molar-refractivity contribution in [2.45, 2.75) is 44.3 Å². The lowest BCUT2D eigenvalue weighted by atomic mass is 9.91. The predicted octanol–water partition coefficient (Wildman–Crippen LogP) is 5.23. The third kappa shape index (κ3) is 5.32. The van der Waals surface area contributed by atoms with Crippen LogP contribution in [-0.4, -0.2) is 33.2 Å². The van der Waals surface area contributed by atoms with E-state index in [1.807, 2.05) is 0 Å². The number of aromatic nitrogens is 2. The van der Waals surface area contributed by atoms with Crippen molar-refractivity contribution in [1.82, 2.24) is 20.6 Å². The molecule has 1 aromatic heterocycles. The van der Waals surface area contributed by atoms with Crippen LogP contribution in [0.15, 0.2) is 58.0 Å². The van der Waals surface area contributed by atoms with E-state index in [1.165, 1.54) is 20.8 Å². The second-order valence-corrected chi connectivity index (χ2v) is 10.3. The third-order valence-electron chi connectivity index (χ3n) is 6.18. The SMILES string of the molecule is O=C1NC(=O)C(=Cc2ccnc(N[C@H]3CC[C@H](NCc4ccc5ccccc5c4Br)CC3)n2)S1. The molecule has 2 heterocycles. The molecule has 3 aromatic rings. The molecule has 2 amide bonds. The van der Waals surface area contributed by atoms with Crippen LogP contribution in [0.25, 0.3) is 16.8 Å². The molecule has 174 valence electrons.